The van der Waals surface area contributed by atoms with Gasteiger partial charge in [-0.25, -0.2) is 4.99 Å². The molecule has 7 heteroatoms. The lowest BCUT2D eigenvalue weighted by molar-refractivity contribution is -0.113. The van der Waals surface area contributed by atoms with Crippen LogP contribution in [0.4, 0.5) is 5.69 Å². The highest BCUT2D eigenvalue weighted by Crippen LogP contribution is 2.35. The van der Waals surface area contributed by atoms with Gasteiger partial charge in [0.25, 0.3) is 0 Å². The van der Waals surface area contributed by atoms with Gasteiger partial charge in [0.1, 0.15) is 5.04 Å². The van der Waals surface area contributed by atoms with Gasteiger partial charge in [0.2, 0.25) is 5.91 Å². The predicted octanol–water partition coefficient (Wildman–Crippen LogP) is 4.34. The van der Waals surface area contributed by atoms with Gasteiger partial charge < -0.3 is 10.2 Å². The van der Waals surface area contributed by atoms with E-state index in [4.69, 9.17) is 21.6 Å². The van der Waals surface area contributed by atoms with Gasteiger partial charge in [0, 0.05) is 42.2 Å². The van der Waals surface area contributed by atoms with Crippen molar-refractivity contribution in [3.05, 3.63) is 65.2 Å². The van der Waals surface area contributed by atoms with Gasteiger partial charge in [-0.2, -0.15) is 0 Å². The van der Waals surface area contributed by atoms with Crippen LogP contribution in [0.5, 0.6) is 0 Å². The zero-order valence-electron chi connectivity index (χ0n) is 16.3. The first-order valence-corrected chi connectivity index (χ1v) is 11.0. The average molecular weight is 427 g/mol. The zero-order valence-corrected chi connectivity index (χ0v) is 17.8. The lowest BCUT2D eigenvalue weighted by Crippen LogP contribution is -2.39. The molecule has 0 radical (unpaired) electrons. The minimum absolute atomic E-state index is 0.0521. The van der Waals surface area contributed by atoms with E-state index in [1.165, 1.54) is 11.8 Å². The smallest absolute Gasteiger partial charge is 0.234 e. The number of benzene rings is 2. The number of halogens is 1. The third kappa shape index (κ3) is 4.89. The molecule has 2 aliphatic rings. The molecule has 1 fully saturated rings. The molecule has 4 rings (SSSR count). The van der Waals surface area contributed by atoms with E-state index < -0.39 is 5.66 Å². The third-order valence-corrected chi connectivity index (χ3v) is 6.35. The van der Waals surface area contributed by atoms with Crippen LogP contribution in [-0.2, 0) is 4.79 Å². The Labute approximate surface area is 180 Å². The molecular weight excluding hydrogens is 404 g/mol. The molecule has 0 atom stereocenters. The summed E-state index contributed by atoms with van der Waals surface area (Å²) in [5.41, 5.74) is 2.24. The number of amides is 1. The van der Waals surface area contributed by atoms with E-state index in [0.29, 0.717) is 5.02 Å². The van der Waals surface area contributed by atoms with Crippen molar-refractivity contribution in [2.45, 2.75) is 18.5 Å². The molecule has 1 amide bonds. The van der Waals surface area contributed by atoms with Gasteiger partial charge in [-0.1, -0.05) is 53.7 Å². The van der Waals surface area contributed by atoms with Crippen molar-refractivity contribution in [1.29, 1.82) is 0 Å². The van der Waals surface area contributed by atoms with Gasteiger partial charge >= 0.3 is 0 Å². The van der Waals surface area contributed by atoms with Crippen molar-refractivity contribution in [3.63, 3.8) is 0 Å². The number of nitrogens with one attached hydrogen (secondary N) is 1. The Balaban J connectivity index is 1.51. The van der Waals surface area contributed by atoms with Crippen LogP contribution in [0, 0.1) is 0 Å². The molecule has 29 heavy (non-hydrogen) atoms. The van der Waals surface area contributed by atoms with Crippen molar-refractivity contribution in [2.24, 2.45) is 9.98 Å². The number of nitrogens with zero attached hydrogens (tertiary/aromatic N) is 3. The fourth-order valence-electron chi connectivity index (χ4n) is 3.47. The Morgan fingerprint density at radius 2 is 1.79 bits per heavy atom. The lowest BCUT2D eigenvalue weighted by atomic mass is 9.99. The Bertz CT molecular complexity index is 935. The summed E-state index contributed by atoms with van der Waals surface area (Å²) in [5.74, 6) is 0.236. The quantitative estimate of drug-likeness (QED) is 0.791. The van der Waals surface area contributed by atoms with Gasteiger partial charge in [0.05, 0.1) is 11.5 Å². The number of carbonyl (C=O) groups excluding carboxylic acids is 1. The molecule has 0 saturated carbocycles. The molecular formula is C22H23ClN4OS. The highest BCUT2D eigenvalue weighted by Gasteiger charge is 2.39. The average Bonchev–Trinajstić information content (AvgIpc) is 3.09. The second kappa shape index (κ2) is 8.69. The van der Waals surface area contributed by atoms with Crippen LogP contribution < -0.4 is 5.32 Å². The summed E-state index contributed by atoms with van der Waals surface area (Å²) >= 11 is 7.51. The number of aliphatic imine (C=N–C) groups is 2. The topological polar surface area (TPSA) is 57.1 Å². The number of thioether (sulfide) groups is 1. The van der Waals surface area contributed by atoms with Gasteiger partial charge in [-0.3, -0.25) is 9.79 Å². The molecule has 1 spiro atoms. The normalized spacial score (nSPS) is 18.4. The number of carbonyl (C=O) groups is 1. The fourth-order valence-corrected chi connectivity index (χ4v) is 4.47. The van der Waals surface area contributed by atoms with Crippen molar-refractivity contribution < 1.29 is 4.79 Å². The standard InChI is InChI=1S/C22H23ClN4OS/c1-27-13-11-22(12-14-27)25-20(16-7-9-17(23)10-8-16)21(26-22)29-15-19(28)24-18-5-3-2-4-6-18/h2-10H,11-15H2,1H3,(H,24,28). The van der Waals surface area contributed by atoms with Gasteiger partial charge in [-0.05, 0) is 31.3 Å². The van der Waals surface area contributed by atoms with Crippen LogP contribution in [0.25, 0.3) is 0 Å². The molecule has 2 aromatic carbocycles. The molecule has 2 heterocycles. The molecule has 1 N–H and O–H groups in total. The Kier molecular flexibility index (Phi) is 6.04. The van der Waals surface area contributed by atoms with Crippen LogP contribution >= 0.6 is 23.4 Å². The summed E-state index contributed by atoms with van der Waals surface area (Å²) in [6, 6.07) is 17.1. The maximum absolute atomic E-state index is 12.4. The first-order valence-electron chi connectivity index (χ1n) is 9.65. The van der Waals surface area contributed by atoms with E-state index in [1.54, 1.807) is 0 Å². The minimum atomic E-state index is -0.403. The number of rotatable bonds is 4. The molecule has 1 saturated heterocycles. The summed E-state index contributed by atoms with van der Waals surface area (Å²) in [4.78, 5) is 24.8. The lowest BCUT2D eigenvalue weighted by Gasteiger charge is -2.33. The number of anilines is 1. The van der Waals surface area contributed by atoms with E-state index in [9.17, 15) is 4.79 Å². The Morgan fingerprint density at radius 1 is 1.10 bits per heavy atom. The van der Waals surface area contributed by atoms with E-state index in [2.05, 4.69) is 17.3 Å². The molecule has 0 aliphatic carbocycles. The second-order valence-corrected chi connectivity index (χ2v) is 8.77. The van der Waals surface area contributed by atoms with E-state index in [0.717, 1.165) is 47.9 Å². The summed E-state index contributed by atoms with van der Waals surface area (Å²) in [5, 5.41) is 4.45. The third-order valence-electron chi connectivity index (χ3n) is 5.14. The minimum Gasteiger partial charge on any atom is -0.325 e. The molecule has 0 bridgehead atoms. The summed E-state index contributed by atoms with van der Waals surface area (Å²) < 4.78 is 0. The van der Waals surface area contributed by atoms with Crippen molar-refractivity contribution in [1.82, 2.24) is 4.90 Å². The Hall–Kier alpha value is -2.15. The van der Waals surface area contributed by atoms with Crippen LogP contribution in [0.1, 0.15) is 18.4 Å². The molecule has 0 unspecified atom stereocenters. The van der Waals surface area contributed by atoms with Crippen LogP contribution in [-0.4, -0.2) is 53.1 Å². The van der Waals surface area contributed by atoms with E-state index >= 15 is 0 Å². The molecule has 0 aromatic heterocycles. The van der Waals surface area contributed by atoms with Crippen LogP contribution in [0.3, 0.4) is 0 Å². The summed E-state index contributed by atoms with van der Waals surface area (Å²) in [6.45, 7) is 1.93. The fraction of sp³-hybridized carbons (Fsp3) is 0.318. The number of para-hydroxylation sites is 1. The molecule has 150 valence electrons. The first-order chi connectivity index (χ1) is 14.0. The van der Waals surface area contributed by atoms with Gasteiger partial charge in [-0.15, -0.1) is 0 Å². The second-order valence-electron chi connectivity index (χ2n) is 7.37. The number of hydrogen-bond donors (Lipinski definition) is 1. The van der Waals surface area contributed by atoms with E-state index in [1.807, 2.05) is 54.6 Å². The van der Waals surface area contributed by atoms with Crippen LogP contribution in [0.2, 0.25) is 5.02 Å². The molecule has 2 aromatic rings. The molecule has 5 nitrogen and oxygen atoms in total. The van der Waals surface area contributed by atoms with Crippen LogP contribution in [0.15, 0.2) is 64.6 Å². The largest absolute Gasteiger partial charge is 0.325 e. The maximum atomic E-state index is 12.4. The van der Waals surface area contributed by atoms with E-state index in [-0.39, 0.29) is 11.7 Å². The highest BCUT2D eigenvalue weighted by molar-refractivity contribution is 8.16. The van der Waals surface area contributed by atoms with Crippen molar-refractivity contribution in [2.75, 3.05) is 31.2 Å². The molecule has 2 aliphatic heterocycles. The van der Waals surface area contributed by atoms with Crippen molar-refractivity contribution >= 4 is 45.7 Å². The predicted molar refractivity (Wildman–Crippen MR) is 122 cm³/mol. The monoisotopic (exact) mass is 426 g/mol. The zero-order chi connectivity index (χ0) is 20.3. The Morgan fingerprint density at radius 3 is 2.48 bits per heavy atom. The first kappa shape index (κ1) is 20.1. The maximum Gasteiger partial charge on any atom is 0.234 e. The number of piperidine rings is 1. The number of likely N-dealkylation sites (tertiary alicyclic amines) is 1. The summed E-state index contributed by atoms with van der Waals surface area (Å²) in [6.07, 6.45) is 1.78. The highest BCUT2D eigenvalue weighted by atomic mass is 35.5. The van der Waals surface area contributed by atoms with Gasteiger partial charge in [0.15, 0.2) is 5.66 Å². The summed E-state index contributed by atoms with van der Waals surface area (Å²) in [7, 11) is 2.12. The number of hydrogen-bond acceptors (Lipinski definition) is 5. The SMILES string of the molecule is CN1CCC2(CC1)N=C(SCC(=O)Nc1ccccc1)C(c1ccc(Cl)cc1)=N2. The van der Waals surface area contributed by atoms with Crippen molar-refractivity contribution in [3.8, 4) is 0 Å².